The second-order valence-corrected chi connectivity index (χ2v) is 5.44. The lowest BCUT2D eigenvalue weighted by Gasteiger charge is -2.19. The molecular weight excluding hydrogens is 314 g/mol. The standard InChI is InChI=1S/C12H18BrN3O3/c1-7(2)5-8(12(18)19-4)15-9-6-14-16(3)11(17)10(9)13/h6-8,15H,5H2,1-4H3. The fourth-order valence-corrected chi connectivity index (χ4v) is 2.10. The summed E-state index contributed by atoms with van der Waals surface area (Å²) in [6.07, 6.45) is 2.11. The van der Waals surface area contributed by atoms with Crippen LogP contribution in [0.15, 0.2) is 15.5 Å². The monoisotopic (exact) mass is 331 g/mol. The summed E-state index contributed by atoms with van der Waals surface area (Å²) >= 11 is 3.21. The first-order chi connectivity index (χ1) is 8.86. The molecule has 0 amide bonds. The molecule has 0 saturated heterocycles. The Morgan fingerprint density at radius 3 is 2.74 bits per heavy atom. The van der Waals surface area contributed by atoms with Gasteiger partial charge in [-0.05, 0) is 28.3 Å². The van der Waals surface area contributed by atoms with E-state index in [0.29, 0.717) is 22.5 Å². The molecule has 0 bridgehead atoms. The van der Waals surface area contributed by atoms with E-state index in [2.05, 4.69) is 26.3 Å². The maximum Gasteiger partial charge on any atom is 0.328 e. The quantitative estimate of drug-likeness (QED) is 0.828. The molecule has 6 nitrogen and oxygen atoms in total. The lowest BCUT2D eigenvalue weighted by atomic mass is 10.0. The van der Waals surface area contributed by atoms with Crippen LogP contribution >= 0.6 is 15.9 Å². The number of aromatic nitrogens is 2. The number of hydrogen-bond acceptors (Lipinski definition) is 5. The first kappa shape index (κ1) is 15.7. The zero-order valence-electron chi connectivity index (χ0n) is 11.4. The van der Waals surface area contributed by atoms with Crippen LogP contribution in [0.1, 0.15) is 20.3 Å². The second kappa shape index (κ2) is 6.70. The third kappa shape index (κ3) is 4.05. The van der Waals surface area contributed by atoms with Crippen molar-refractivity contribution in [2.75, 3.05) is 12.4 Å². The van der Waals surface area contributed by atoms with Crippen molar-refractivity contribution < 1.29 is 9.53 Å². The molecule has 0 aliphatic carbocycles. The molecule has 0 aliphatic heterocycles. The Morgan fingerprint density at radius 2 is 2.21 bits per heavy atom. The normalized spacial score (nSPS) is 12.3. The minimum Gasteiger partial charge on any atom is -0.467 e. The molecule has 1 atom stereocenters. The van der Waals surface area contributed by atoms with Gasteiger partial charge in [-0.15, -0.1) is 0 Å². The van der Waals surface area contributed by atoms with Crippen LogP contribution in [0.4, 0.5) is 5.69 Å². The van der Waals surface area contributed by atoms with Crippen LogP contribution in [0.3, 0.4) is 0 Å². The largest absolute Gasteiger partial charge is 0.467 e. The molecule has 0 fully saturated rings. The molecule has 106 valence electrons. The van der Waals surface area contributed by atoms with Gasteiger partial charge in [-0.1, -0.05) is 13.8 Å². The molecule has 0 radical (unpaired) electrons. The van der Waals surface area contributed by atoms with Gasteiger partial charge in [0.05, 0.1) is 19.0 Å². The summed E-state index contributed by atoms with van der Waals surface area (Å²) < 4.78 is 6.32. The summed E-state index contributed by atoms with van der Waals surface area (Å²) in [5, 5.41) is 6.92. The highest BCUT2D eigenvalue weighted by atomic mass is 79.9. The lowest BCUT2D eigenvalue weighted by molar-refractivity contribution is -0.141. The van der Waals surface area contributed by atoms with E-state index < -0.39 is 6.04 Å². The van der Waals surface area contributed by atoms with Crippen molar-refractivity contribution in [3.05, 3.63) is 21.0 Å². The van der Waals surface area contributed by atoms with Gasteiger partial charge < -0.3 is 10.1 Å². The number of rotatable bonds is 5. The fraction of sp³-hybridized carbons (Fsp3) is 0.583. The van der Waals surface area contributed by atoms with Crippen molar-refractivity contribution in [1.82, 2.24) is 9.78 Å². The number of hydrogen-bond donors (Lipinski definition) is 1. The van der Waals surface area contributed by atoms with Crippen LogP contribution in [-0.4, -0.2) is 28.9 Å². The molecule has 0 saturated carbocycles. The van der Waals surface area contributed by atoms with Crippen molar-refractivity contribution >= 4 is 27.6 Å². The van der Waals surface area contributed by atoms with Gasteiger partial charge in [-0.25, -0.2) is 9.48 Å². The predicted octanol–water partition coefficient (Wildman–Crippen LogP) is 1.54. The average Bonchev–Trinajstić information content (AvgIpc) is 2.37. The highest BCUT2D eigenvalue weighted by Gasteiger charge is 2.22. The lowest BCUT2D eigenvalue weighted by Crippen LogP contribution is -2.33. The van der Waals surface area contributed by atoms with Crippen LogP contribution in [0.2, 0.25) is 0 Å². The van der Waals surface area contributed by atoms with Gasteiger partial charge in [-0.3, -0.25) is 4.79 Å². The summed E-state index contributed by atoms with van der Waals surface area (Å²) in [7, 11) is 2.90. The Labute approximate surface area is 120 Å². The van der Waals surface area contributed by atoms with Gasteiger partial charge >= 0.3 is 5.97 Å². The van der Waals surface area contributed by atoms with Crippen molar-refractivity contribution in [2.24, 2.45) is 13.0 Å². The zero-order valence-corrected chi connectivity index (χ0v) is 13.0. The van der Waals surface area contributed by atoms with Gasteiger partial charge in [0, 0.05) is 7.05 Å². The molecule has 1 heterocycles. The van der Waals surface area contributed by atoms with Crippen molar-refractivity contribution in [3.63, 3.8) is 0 Å². The van der Waals surface area contributed by atoms with Gasteiger partial charge in [0.15, 0.2) is 0 Å². The minimum absolute atomic E-state index is 0.266. The van der Waals surface area contributed by atoms with Crippen LogP contribution in [0, 0.1) is 5.92 Å². The number of nitrogens with zero attached hydrogens (tertiary/aromatic N) is 2. The maximum absolute atomic E-state index is 11.7. The number of esters is 1. The van der Waals surface area contributed by atoms with E-state index in [1.807, 2.05) is 13.8 Å². The average molecular weight is 332 g/mol. The minimum atomic E-state index is -0.504. The van der Waals surface area contributed by atoms with E-state index in [0.717, 1.165) is 0 Å². The summed E-state index contributed by atoms with van der Waals surface area (Å²) in [5.41, 5.74) is 0.220. The molecule has 0 aromatic carbocycles. The third-order valence-electron chi connectivity index (χ3n) is 2.60. The number of aryl methyl sites for hydroxylation is 1. The molecule has 7 heteroatoms. The summed E-state index contributed by atoms with van der Waals surface area (Å²) in [4.78, 5) is 23.4. The Balaban J connectivity index is 3.00. The first-order valence-corrected chi connectivity index (χ1v) is 6.72. The number of methoxy groups -OCH3 is 1. The SMILES string of the molecule is COC(=O)C(CC(C)C)Nc1cnn(C)c(=O)c1Br. The van der Waals surface area contributed by atoms with Crippen LogP contribution < -0.4 is 10.9 Å². The van der Waals surface area contributed by atoms with E-state index in [1.54, 1.807) is 7.05 Å². The van der Waals surface area contributed by atoms with Crippen molar-refractivity contribution in [3.8, 4) is 0 Å². The van der Waals surface area contributed by atoms with Crippen LogP contribution in [-0.2, 0) is 16.6 Å². The van der Waals surface area contributed by atoms with Crippen molar-refractivity contribution in [1.29, 1.82) is 0 Å². The molecule has 19 heavy (non-hydrogen) atoms. The highest BCUT2D eigenvalue weighted by Crippen LogP contribution is 2.19. The number of anilines is 1. The van der Waals surface area contributed by atoms with Crippen LogP contribution in [0.5, 0.6) is 0 Å². The number of nitrogens with one attached hydrogen (secondary N) is 1. The predicted molar refractivity (Wildman–Crippen MR) is 76.1 cm³/mol. The molecule has 1 aromatic heterocycles. The smallest absolute Gasteiger partial charge is 0.328 e. The van der Waals surface area contributed by atoms with Gasteiger partial charge in [0.2, 0.25) is 0 Å². The number of ether oxygens (including phenoxy) is 1. The molecule has 0 spiro atoms. The molecule has 0 aliphatic rings. The Bertz CT molecular complexity index is 513. The first-order valence-electron chi connectivity index (χ1n) is 5.93. The van der Waals surface area contributed by atoms with E-state index in [1.165, 1.54) is 18.0 Å². The summed E-state index contributed by atoms with van der Waals surface area (Å²) in [6.45, 7) is 4.02. The highest BCUT2D eigenvalue weighted by molar-refractivity contribution is 9.10. The Morgan fingerprint density at radius 1 is 1.58 bits per heavy atom. The molecule has 1 rings (SSSR count). The zero-order chi connectivity index (χ0) is 14.6. The third-order valence-corrected chi connectivity index (χ3v) is 3.37. The molecular formula is C12H18BrN3O3. The summed E-state index contributed by atoms with van der Waals surface area (Å²) in [6, 6.07) is -0.504. The van der Waals surface area contributed by atoms with E-state index in [-0.39, 0.29) is 11.5 Å². The van der Waals surface area contributed by atoms with Gasteiger partial charge in [0.1, 0.15) is 10.5 Å². The Hall–Kier alpha value is -1.37. The van der Waals surface area contributed by atoms with E-state index >= 15 is 0 Å². The summed E-state index contributed by atoms with van der Waals surface area (Å²) in [5.74, 6) is -0.0452. The Kier molecular flexibility index (Phi) is 5.53. The van der Waals surface area contributed by atoms with Crippen LogP contribution in [0.25, 0.3) is 0 Å². The second-order valence-electron chi connectivity index (χ2n) is 4.65. The fourth-order valence-electron chi connectivity index (χ4n) is 1.63. The molecule has 1 unspecified atom stereocenters. The van der Waals surface area contributed by atoms with Gasteiger partial charge in [-0.2, -0.15) is 5.10 Å². The van der Waals surface area contributed by atoms with Gasteiger partial charge in [0.25, 0.3) is 5.56 Å². The number of carbonyl (C=O) groups excluding carboxylic acids is 1. The maximum atomic E-state index is 11.7. The number of halogens is 1. The number of carbonyl (C=O) groups is 1. The van der Waals surface area contributed by atoms with E-state index in [9.17, 15) is 9.59 Å². The van der Waals surface area contributed by atoms with E-state index in [4.69, 9.17) is 4.74 Å². The molecule has 1 aromatic rings. The van der Waals surface area contributed by atoms with Crippen molar-refractivity contribution in [2.45, 2.75) is 26.3 Å². The molecule has 1 N–H and O–H groups in total. The topological polar surface area (TPSA) is 73.2 Å².